The Kier molecular flexibility index (Phi) is 4.83. The van der Waals surface area contributed by atoms with E-state index in [0.717, 1.165) is 58.9 Å². The third-order valence-corrected chi connectivity index (χ3v) is 5.58. The van der Waals surface area contributed by atoms with E-state index in [1.807, 2.05) is 0 Å². The Labute approximate surface area is 143 Å². The molecule has 1 amide bonds. The molecule has 4 rings (SSSR count). The van der Waals surface area contributed by atoms with Crippen LogP contribution in [0.25, 0.3) is 0 Å². The van der Waals surface area contributed by atoms with E-state index in [9.17, 15) is 4.79 Å². The molecule has 0 bridgehead atoms. The molecule has 24 heavy (non-hydrogen) atoms. The maximum absolute atomic E-state index is 12.8. The fourth-order valence-electron chi connectivity index (χ4n) is 4.21. The standard InChI is InChI=1S/C19H26N2O3/c22-19(16-6-10-23-11-7-16)20-8-9-21-17(12-20)13-24-14-18(21)15-4-2-1-3-5-15/h1-5,16-18H,6-14H2/t17-,18-/m1/s1. The molecule has 130 valence electrons. The Balaban J connectivity index is 1.43. The Hall–Kier alpha value is -1.43. The van der Waals surface area contributed by atoms with E-state index in [-0.39, 0.29) is 5.92 Å². The molecule has 0 unspecified atom stereocenters. The quantitative estimate of drug-likeness (QED) is 0.828. The number of piperazine rings is 1. The van der Waals surface area contributed by atoms with Gasteiger partial charge < -0.3 is 14.4 Å². The lowest BCUT2D eigenvalue weighted by Gasteiger charge is -2.48. The zero-order valence-electron chi connectivity index (χ0n) is 14.1. The zero-order chi connectivity index (χ0) is 16.4. The van der Waals surface area contributed by atoms with E-state index in [1.54, 1.807) is 0 Å². The number of hydrogen-bond donors (Lipinski definition) is 0. The minimum atomic E-state index is 0.153. The number of benzene rings is 1. The van der Waals surface area contributed by atoms with Gasteiger partial charge in [-0.3, -0.25) is 9.69 Å². The first-order valence-electron chi connectivity index (χ1n) is 9.08. The predicted octanol–water partition coefficient (Wildman–Crippen LogP) is 1.70. The van der Waals surface area contributed by atoms with Crippen molar-refractivity contribution in [1.82, 2.24) is 9.80 Å². The minimum Gasteiger partial charge on any atom is -0.381 e. The highest BCUT2D eigenvalue weighted by Crippen LogP contribution is 2.30. The summed E-state index contributed by atoms with van der Waals surface area (Å²) in [6, 6.07) is 11.2. The molecule has 5 nitrogen and oxygen atoms in total. The van der Waals surface area contributed by atoms with Gasteiger partial charge in [-0.15, -0.1) is 0 Å². The SMILES string of the molecule is O=C(C1CCOCC1)N1CCN2[C@@H](COC[C@@H]2c2ccccc2)C1. The molecule has 0 spiro atoms. The van der Waals surface area contributed by atoms with Crippen LogP contribution in [-0.2, 0) is 14.3 Å². The van der Waals surface area contributed by atoms with Gasteiger partial charge in [-0.05, 0) is 18.4 Å². The van der Waals surface area contributed by atoms with Crippen molar-refractivity contribution < 1.29 is 14.3 Å². The van der Waals surface area contributed by atoms with Gasteiger partial charge in [0.2, 0.25) is 5.91 Å². The lowest BCUT2D eigenvalue weighted by molar-refractivity contribution is -0.146. The minimum absolute atomic E-state index is 0.153. The molecule has 3 aliphatic heterocycles. The monoisotopic (exact) mass is 330 g/mol. The average molecular weight is 330 g/mol. The largest absolute Gasteiger partial charge is 0.381 e. The number of nitrogens with zero attached hydrogens (tertiary/aromatic N) is 2. The Morgan fingerprint density at radius 2 is 1.79 bits per heavy atom. The van der Waals surface area contributed by atoms with Crippen molar-refractivity contribution in [3.05, 3.63) is 35.9 Å². The first-order chi connectivity index (χ1) is 11.8. The molecule has 5 heteroatoms. The second kappa shape index (κ2) is 7.21. The van der Waals surface area contributed by atoms with Crippen molar-refractivity contribution in [3.63, 3.8) is 0 Å². The molecular weight excluding hydrogens is 304 g/mol. The first kappa shape index (κ1) is 16.1. The van der Waals surface area contributed by atoms with Crippen molar-refractivity contribution in [3.8, 4) is 0 Å². The predicted molar refractivity (Wildman–Crippen MR) is 90.6 cm³/mol. The van der Waals surface area contributed by atoms with Gasteiger partial charge in [-0.2, -0.15) is 0 Å². The third kappa shape index (κ3) is 3.21. The molecule has 0 aromatic heterocycles. The van der Waals surface area contributed by atoms with Gasteiger partial charge in [-0.25, -0.2) is 0 Å². The van der Waals surface area contributed by atoms with Crippen LogP contribution >= 0.6 is 0 Å². The fourth-order valence-corrected chi connectivity index (χ4v) is 4.21. The second-order valence-electron chi connectivity index (χ2n) is 7.03. The number of carbonyl (C=O) groups is 1. The lowest BCUT2D eigenvalue weighted by Crippen LogP contribution is -2.60. The number of morpholine rings is 1. The van der Waals surface area contributed by atoms with Crippen LogP contribution in [0, 0.1) is 5.92 Å². The first-order valence-corrected chi connectivity index (χ1v) is 9.08. The summed E-state index contributed by atoms with van der Waals surface area (Å²) in [7, 11) is 0. The van der Waals surface area contributed by atoms with Gasteiger partial charge in [0.25, 0.3) is 0 Å². The summed E-state index contributed by atoms with van der Waals surface area (Å²) in [4.78, 5) is 17.4. The normalized spacial score (nSPS) is 29.2. The summed E-state index contributed by atoms with van der Waals surface area (Å²) in [5.74, 6) is 0.472. The van der Waals surface area contributed by atoms with E-state index in [4.69, 9.17) is 9.47 Å². The van der Waals surface area contributed by atoms with Gasteiger partial charge in [0, 0.05) is 38.8 Å². The summed E-state index contributed by atoms with van der Waals surface area (Å²) in [6.45, 7) is 5.46. The van der Waals surface area contributed by atoms with Crippen LogP contribution in [0.1, 0.15) is 24.4 Å². The van der Waals surface area contributed by atoms with Crippen molar-refractivity contribution in [1.29, 1.82) is 0 Å². The number of amides is 1. The zero-order valence-corrected chi connectivity index (χ0v) is 14.1. The molecule has 1 aromatic carbocycles. The molecular formula is C19H26N2O3. The van der Waals surface area contributed by atoms with E-state index < -0.39 is 0 Å². The van der Waals surface area contributed by atoms with Gasteiger partial charge >= 0.3 is 0 Å². The van der Waals surface area contributed by atoms with Crippen LogP contribution in [0.5, 0.6) is 0 Å². The van der Waals surface area contributed by atoms with Crippen LogP contribution in [-0.4, -0.2) is 67.8 Å². The summed E-state index contributed by atoms with van der Waals surface area (Å²) in [5.41, 5.74) is 1.31. The fraction of sp³-hybridized carbons (Fsp3) is 0.632. The summed E-state index contributed by atoms with van der Waals surface area (Å²) < 4.78 is 11.3. The smallest absolute Gasteiger partial charge is 0.225 e. The van der Waals surface area contributed by atoms with Crippen LogP contribution in [0.15, 0.2) is 30.3 Å². The van der Waals surface area contributed by atoms with Crippen LogP contribution < -0.4 is 0 Å². The Morgan fingerprint density at radius 3 is 2.58 bits per heavy atom. The van der Waals surface area contributed by atoms with Crippen molar-refractivity contribution in [2.24, 2.45) is 5.92 Å². The molecule has 0 aliphatic carbocycles. The van der Waals surface area contributed by atoms with E-state index in [2.05, 4.69) is 40.1 Å². The summed E-state index contributed by atoms with van der Waals surface area (Å²) in [6.07, 6.45) is 1.74. The lowest BCUT2D eigenvalue weighted by atomic mass is 9.96. The number of hydrogen-bond acceptors (Lipinski definition) is 4. The number of rotatable bonds is 2. The number of ether oxygens (including phenoxy) is 2. The second-order valence-corrected chi connectivity index (χ2v) is 7.03. The van der Waals surface area contributed by atoms with Crippen LogP contribution in [0.4, 0.5) is 0 Å². The molecule has 3 heterocycles. The van der Waals surface area contributed by atoms with Crippen LogP contribution in [0.3, 0.4) is 0 Å². The molecule has 3 aliphatic rings. The highest BCUT2D eigenvalue weighted by atomic mass is 16.5. The van der Waals surface area contributed by atoms with Gasteiger partial charge in [-0.1, -0.05) is 30.3 Å². The van der Waals surface area contributed by atoms with Crippen molar-refractivity contribution in [2.45, 2.75) is 24.9 Å². The van der Waals surface area contributed by atoms with Gasteiger partial charge in [0.1, 0.15) is 0 Å². The molecule has 2 atom stereocenters. The molecule has 0 saturated carbocycles. The highest BCUT2D eigenvalue weighted by Gasteiger charge is 2.38. The van der Waals surface area contributed by atoms with E-state index in [0.29, 0.717) is 18.0 Å². The van der Waals surface area contributed by atoms with Crippen molar-refractivity contribution >= 4 is 5.91 Å². The Bertz CT molecular complexity index is 559. The average Bonchev–Trinajstić information content (AvgIpc) is 2.68. The van der Waals surface area contributed by atoms with E-state index >= 15 is 0 Å². The van der Waals surface area contributed by atoms with Crippen LogP contribution in [0.2, 0.25) is 0 Å². The summed E-state index contributed by atoms with van der Waals surface area (Å²) in [5, 5.41) is 0. The van der Waals surface area contributed by atoms with Crippen molar-refractivity contribution in [2.75, 3.05) is 46.1 Å². The van der Waals surface area contributed by atoms with Gasteiger partial charge in [0.05, 0.1) is 25.3 Å². The Morgan fingerprint density at radius 1 is 1.00 bits per heavy atom. The molecule has 1 aromatic rings. The molecule has 0 N–H and O–H groups in total. The third-order valence-electron chi connectivity index (χ3n) is 5.58. The maximum atomic E-state index is 12.8. The number of fused-ring (bicyclic) bond motifs is 1. The molecule has 3 saturated heterocycles. The van der Waals surface area contributed by atoms with Gasteiger partial charge in [0.15, 0.2) is 0 Å². The number of carbonyl (C=O) groups excluding carboxylic acids is 1. The summed E-state index contributed by atoms with van der Waals surface area (Å²) >= 11 is 0. The topological polar surface area (TPSA) is 42.0 Å². The molecule has 0 radical (unpaired) electrons. The maximum Gasteiger partial charge on any atom is 0.225 e. The molecule has 3 fully saturated rings. The highest BCUT2D eigenvalue weighted by molar-refractivity contribution is 5.79. The van der Waals surface area contributed by atoms with E-state index in [1.165, 1.54) is 5.56 Å².